The van der Waals surface area contributed by atoms with Crippen molar-refractivity contribution in [2.45, 2.75) is 11.8 Å². The topological polar surface area (TPSA) is 71.4 Å². The normalized spacial score (nSPS) is 11.9. The van der Waals surface area contributed by atoms with Gasteiger partial charge >= 0.3 is 5.97 Å². The van der Waals surface area contributed by atoms with Crippen LogP contribution >= 0.6 is 0 Å². The van der Waals surface area contributed by atoms with Crippen LogP contribution in [-0.2, 0) is 9.84 Å². The molecule has 0 aliphatic rings. The Kier molecular flexibility index (Phi) is 4.18. The summed E-state index contributed by atoms with van der Waals surface area (Å²) in [7, 11) is -4.02. The molecule has 4 nitrogen and oxygen atoms in total. The second kappa shape index (κ2) is 5.26. The highest BCUT2D eigenvalue weighted by Gasteiger charge is 2.26. The molecule has 98 valence electrons. The molecule has 0 saturated carbocycles. The summed E-state index contributed by atoms with van der Waals surface area (Å²) in [5.74, 6) is -5.23. The largest absolute Gasteiger partial charge is 0.477 e. The third-order valence-corrected chi connectivity index (χ3v) is 3.77. The van der Waals surface area contributed by atoms with Gasteiger partial charge in [0.1, 0.15) is 16.3 Å². The summed E-state index contributed by atoms with van der Waals surface area (Å²) < 4.78 is 50.2. The van der Waals surface area contributed by atoms with Crippen molar-refractivity contribution < 1.29 is 27.1 Å². The van der Waals surface area contributed by atoms with Gasteiger partial charge in [-0.2, -0.15) is 0 Å². The van der Waals surface area contributed by atoms with Gasteiger partial charge in [-0.05, 0) is 19.1 Å². The van der Waals surface area contributed by atoms with Crippen molar-refractivity contribution in [2.75, 3.05) is 5.75 Å². The molecule has 0 fully saturated rings. The summed E-state index contributed by atoms with van der Waals surface area (Å²) in [5, 5.41) is 8.62. The molecule has 1 aromatic rings. The number of carboxylic acids is 1. The number of rotatable bonds is 4. The van der Waals surface area contributed by atoms with Crippen LogP contribution in [0.4, 0.5) is 8.78 Å². The highest BCUT2D eigenvalue weighted by molar-refractivity contribution is 7.91. The van der Waals surface area contributed by atoms with E-state index in [0.29, 0.717) is 6.07 Å². The van der Waals surface area contributed by atoms with Crippen LogP contribution in [0.25, 0.3) is 0 Å². The minimum atomic E-state index is -4.02. The lowest BCUT2D eigenvalue weighted by molar-refractivity contribution is 0.0685. The second-order valence-electron chi connectivity index (χ2n) is 3.39. The van der Waals surface area contributed by atoms with Crippen LogP contribution in [0.2, 0.25) is 0 Å². The lowest BCUT2D eigenvalue weighted by Gasteiger charge is -2.06. The van der Waals surface area contributed by atoms with Gasteiger partial charge in [0.15, 0.2) is 15.7 Å². The van der Waals surface area contributed by atoms with Crippen molar-refractivity contribution in [3.05, 3.63) is 41.5 Å². The molecule has 1 aromatic carbocycles. The predicted molar refractivity (Wildman–Crippen MR) is 60.2 cm³/mol. The van der Waals surface area contributed by atoms with Gasteiger partial charge in [-0.1, -0.05) is 12.2 Å². The molecule has 0 unspecified atom stereocenters. The number of hydrogen-bond acceptors (Lipinski definition) is 3. The van der Waals surface area contributed by atoms with E-state index in [1.165, 1.54) is 12.2 Å². The fourth-order valence-corrected chi connectivity index (χ4v) is 2.56. The van der Waals surface area contributed by atoms with Gasteiger partial charge in [0.05, 0.1) is 5.75 Å². The Labute approximate surface area is 102 Å². The molecule has 0 aliphatic heterocycles. The number of aromatic carboxylic acids is 1. The van der Waals surface area contributed by atoms with Gasteiger partial charge in [-0.3, -0.25) is 0 Å². The maximum absolute atomic E-state index is 13.7. The number of carbonyl (C=O) groups is 1. The van der Waals surface area contributed by atoms with Gasteiger partial charge in [-0.25, -0.2) is 22.0 Å². The van der Waals surface area contributed by atoms with Crippen LogP contribution in [0.5, 0.6) is 0 Å². The van der Waals surface area contributed by atoms with Gasteiger partial charge in [0.25, 0.3) is 0 Å². The van der Waals surface area contributed by atoms with Crippen molar-refractivity contribution >= 4 is 15.8 Å². The number of hydrogen-bond donors (Lipinski definition) is 1. The van der Waals surface area contributed by atoms with E-state index in [9.17, 15) is 22.0 Å². The first-order chi connectivity index (χ1) is 8.31. The summed E-state index contributed by atoms with van der Waals surface area (Å²) >= 11 is 0. The molecule has 0 atom stereocenters. The lowest BCUT2D eigenvalue weighted by atomic mass is 10.2. The van der Waals surface area contributed by atoms with E-state index in [-0.39, 0.29) is 0 Å². The van der Waals surface area contributed by atoms with Crippen LogP contribution < -0.4 is 0 Å². The maximum atomic E-state index is 13.7. The number of halogens is 2. The molecule has 1 N–H and O–H groups in total. The molecule has 0 saturated heterocycles. The first kappa shape index (κ1) is 14.3. The van der Waals surface area contributed by atoms with Crippen LogP contribution in [0.3, 0.4) is 0 Å². The van der Waals surface area contributed by atoms with E-state index in [0.717, 1.165) is 6.07 Å². The van der Waals surface area contributed by atoms with Crippen molar-refractivity contribution in [1.29, 1.82) is 0 Å². The van der Waals surface area contributed by atoms with Gasteiger partial charge in [0, 0.05) is 0 Å². The molecule has 1 rings (SSSR count). The first-order valence-corrected chi connectivity index (χ1v) is 6.51. The molecule has 0 spiro atoms. The number of allylic oxidation sites excluding steroid dienone is 1. The third kappa shape index (κ3) is 2.73. The summed E-state index contributed by atoms with van der Waals surface area (Å²) in [6, 6.07) is 1.34. The Morgan fingerprint density at radius 1 is 1.39 bits per heavy atom. The van der Waals surface area contributed by atoms with Crippen molar-refractivity contribution in [3.8, 4) is 0 Å². The molecule has 0 aromatic heterocycles. The van der Waals surface area contributed by atoms with E-state index < -0.39 is 43.7 Å². The van der Waals surface area contributed by atoms with Crippen LogP contribution in [0.1, 0.15) is 17.3 Å². The summed E-state index contributed by atoms with van der Waals surface area (Å²) in [6.07, 6.45) is 2.73. The quantitative estimate of drug-likeness (QED) is 0.674. The number of carboxylic acid groups (broad SMARTS) is 1. The molecule has 0 bridgehead atoms. The number of sulfone groups is 1. The Hall–Kier alpha value is -1.76. The average molecular weight is 276 g/mol. The third-order valence-electron chi connectivity index (χ3n) is 2.16. The summed E-state index contributed by atoms with van der Waals surface area (Å²) in [6.45, 7) is 1.58. The molecule has 7 heteroatoms. The average Bonchev–Trinajstić information content (AvgIpc) is 2.25. The van der Waals surface area contributed by atoms with E-state index in [4.69, 9.17) is 5.11 Å². The Morgan fingerprint density at radius 3 is 2.50 bits per heavy atom. The smallest absolute Gasteiger partial charge is 0.341 e. The maximum Gasteiger partial charge on any atom is 0.341 e. The zero-order valence-corrected chi connectivity index (χ0v) is 10.2. The molecule has 18 heavy (non-hydrogen) atoms. The van der Waals surface area contributed by atoms with Gasteiger partial charge in [0.2, 0.25) is 0 Å². The molecule has 0 amide bonds. The monoisotopic (exact) mass is 276 g/mol. The Bertz CT molecular complexity index is 606. The standard InChI is InChI=1S/C11H10F2O4S/c1-2-3-6-18(16,17)8-5-4-7(12)9(10(8)13)11(14)15/h2-5H,6H2,1H3,(H,14,15)/b3-2+. The molecular weight excluding hydrogens is 266 g/mol. The van der Waals surface area contributed by atoms with Crippen molar-refractivity contribution in [1.82, 2.24) is 0 Å². The van der Waals surface area contributed by atoms with Crippen LogP contribution in [0.15, 0.2) is 29.2 Å². The summed E-state index contributed by atoms with van der Waals surface area (Å²) in [5.41, 5.74) is -1.27. The zero-order chi connectivity index (χ0) is 13.9. The van der Waals surface area contributed by atoms with Crippen LogP contribution in [0, 0.1) is 11.6 Å². The fraction of sp³-hybridized carbons (Fsp3) is 0.182. The number of benzene rings is 1. The Morgan fingerprint density at radius 2 is 2.00 bits per heavy atom. The SMILES string of the molecule is C/C=C/CS(=O)(=O)c1ccc(F)c(C(=O)O)c1F. The minimum absolute atomic E-state index is 0.481. The van der Waals surface area contributed by atoms with Gasteiger partial charge in [-0.15, -0.1) is 0 Å². The fourth-order valence-electron chi connectivity index (χ4n) is 1.28. The summed E-state index contributed by atoms with van der Waals surface area (Å²) in [4.78, 5) is 9.83. The van der Waals surface area contributed by atoms with Gasteiger partial charge < -0.3 is 5.11 Å². The highest BCUT2D eigenvalue weighted by Crippen LogP contribution is 2.22. The van der Waals surface area contributed by atoms with Crippen LogP contribution in [-0.4, -0.2) is 25.2 Å². The van der Waals surface area contributed by atoms with E-state index in [1.807, 2.05) is 0 Å². The predicted octanol–water partition coefficient (Wildman–Crippen LogP) is 2.01. The van der Waals surface area contributed by atoms with E-state index in [2.05, 4.69) is 0 Å². The molecular formula is C11H10F2O4S. The Balaban J connectivity index is 3.45. The molecule has 0 aliphatic carbocycles. The first-order valence-electron chi connectivity index (χ1n) is 4.86. The highest BCUT2D eigenvalue weighted by atomic mass is 32.2. The lowest BCUT2D eigenvalue weighted by Crippen LogP contribution is -2.13. The van der Waals surface area contributed by atoms with E-state index in [1.54, 1.807) is 6.92 Å². The van der Waals surface area contributed by atoms with Crippen molar-refractivity contribution in [3.63, 3.8) is 0 Å². The molecule has 0 radical (unpaired) electrons. The van der Waals surface area contributed by atoms with E-state index >= 15 is 0 Å². The van der Waals surface area contributed by atoms with Crippen molar-refractivity contribution in [2.24, 2.45) is 0 Å². The molecule has 0 heterocycles. The second-order valence-corrected chi connectivity index (χ2v) is 5.39. The minimum Gasteiger partial charge on any atom is -0.477 e. The zero-order valence-electron chi connectivity index (χ0n) is 9.35.